The second-order valence-corrected chi connectivity index (χ2v) is 7.78. The van der Waals surface area contributed by atoms with E-state index in [4.69, 9.17) is 10.5 Å². The number of hydrogen-bond donors (Lipinski definition) is 3. The van der Waals surface area contributed by atoms with Gasteiger partial charge in [-0.2, -0.15) is 8.42 Å². The third kappa shape index (κ3) is 5.16. The summed E-state index contributed by atoms with van der Waals surface area (Å²) in [4.78, 5) is 19.8. The highest BCUT2D eigenvalue weighted by Gasteiger charge is 2.27. The first-order valence-electron chi connectivity index (χ1n) is 8.20. The Morgan fingerprint density at radius 2 is 2.18 bits per heavy atom. The van der Waals surface area contributed by atoms with E-state index in [0.717, 1.165) is 0 Å². The lowest BCUT2D eigenvalue weighted by Gasteiger charge is -2.27. The molecule has 1 aliphatic rings. The van der Waals surface area contributed by atoms with Gasteiger partial charge in [0, 0.05) is 6.21 Å². The van der Waals surface area contributed by atoms with Crippen molar-refractivity contribution in [2.24, 2.45) is 20.1 Å². The van der Waals surface area contributed by atoms with E-state index in [1.807, 2.05) is 0 Å². The van der Waals surface area contributed by atoms with Crippen molar-refractivity contribution in [1.82, 2.24) is 5.32 Å². The fraction of sp³-hybridized carbons (Fsp3) is 0.294. The molecule has 10 nitrogen and oxygen atoms in total. The van der Waals surface area contributed by atoms with Gasteiger partial charge in [0.1, 0.15) is 18.1 Å². The number of aliphatic imine (C=N–C) groups is 2. The fourth-order valence-electron chi connectivity index (χ4n) is 2.32. The van der Waals surface area contributed by atoms with E-state index in [2.05, 4.69) is 31.1 Å². The van der Waals surface area contributed by atoms with Crippen LogP contribution < -0.4 is 20.5 Å². The summed E-state index contributed by atoms with van der Waals surface area (Å²) in [5.41, 5.74) is 5.67. The first-order valence-corrected chi connectivity index (χ1v) is 9.64. The van der Waals surface area contributed by atoms with Crippen molar-refractivity contribution in [2.75, 3.05) is 11.3 Å². The minimum Gasteiger partial charge on any atom is -0.490 e. The van der Waals surface area contributed by atoms with Crippen LogP contribution in [0.3, 0.4) is 0 Å². The number of carbonyl (C=O) groups excluding carboxylic acids is 1. The SMILES string of the molecule is C=N/C(=C\N=C/C)C(=O)NC(C)(C)COc1cccc2c1C(N)=NS(=O)(=O)N2. The van der Waals surface area contributed by atoms with Gasteiger partial charge < -0.3 is 15.8 Å². The summed E-state index contributed by atoms with van der Waals surface area (Å²) in [5, 5.41) is 2.78. The number of ether oxygens (including phenoxy) is 1. The number of benzene rings is 1. The smallest absolute Gasteiger partial charge is 0.344 e. The standard InChI is InChI=1S/C17H22N6O4S/c1-5-20-9-12(19-4)16(24)21-17(2,3)10-27-13-8-6-7-11-14(13)15(18)23-28(25,26)22-11/h5-9,22H,4,10H2,1-3H3,(H2,18,23)(H,21,24)/b12-9-,20-5-. The van der Waals surface area contributed by atoms with Gasteiger partial charge in [0.05, 0.1) is 23.0 Å². The molecule has 0 aromatic heterocycles. The van der Waals surface area contributed by atoms with Crippen LogP contribution in [0.1, 0.15) is 26.3 Å². The molecule has 1 amide bonds. The van der Waals surface area contributed by atoms with Gasteiger partial charge in [0.25, 0.3) is 5.91 Å². The van der Waals surface area contributed by atoms with E-state index in [-0.39, 0.29) is 23.8 Å². The molecule has 11 heteroatoms. The molecule has 0 saturated heterocycles. The van der Waals surface area contributed by atoms with Crippen molar-refractivity contribution >= 4 is 40.6 Å². The summed E-state index contributed by atoms with van der Waals surface area (Å²) in [7, 11) is -3.88. The molecule has 0 unspecified atom stereocenters. The summed E-state index contributed by atoms with van der Waals surface area (Å²) in [5.74, 6) is -0.306. The topological polar surface area (TPSA) is 148 Å². The van der Waals surface area contributed by atoms with E-state index in [1.54, 1.807) is 39.0 Å². The first kappa shape index (κ1) is 21.1. The van der Waals surface area contributed by atoms with Gasteiger partial charge in [-0.15, -0.1) is 4.40 Å². The van der Waals surface area contributed by atoms with Gasteiger partial charge in [0.2, 0.25) is 0 Å². The molecule has 0 fully saturated rings. The molecule has 0 atom stereocenters. The summed E-state index contributed by atoms with van der Waals surface area (Å²) >= 11 is 0. The summed E-state index contributed by atoms with van der Waals surface area (Å²) in [6.45, 7) is 8.64. The van der Waals surface area contributed by atoms with E-state index in [0.29, 0.717) is 11.3 Å². The maximum Gasteiger partial charge on any atom is 0.344 e. The van der Waals surface area contributed by atoms with Crippen LogP contribution in [0, 0.1) is 0 Å². The van der Waals surface area contributed by atoms with Crippen LogP contribution in [0.2, 0.25) is 0 Å². The number of amidine groups is 1. The Morgan fingerprint density at radius 3 is 2.82 bits per heavy atom. The largest absolute Gasteiger partial charge is 0.490 e. The van der Waals surface area contributed by atoms with E-state index < -0.39 is 21.7 Å². The highest BCUT2D eigenvalue weighted by molar-refractivity contribution is 7.91. The average Bonchev–Trinajstić information content (AvgIpc) is 2.58. The lowest BCUT2D eigenvalue weighted by molar-refractivity contribution is -0.119. The van der Waals surface area contributed by atoms with Gasteiger partial charge in [0.15, 0.2) is 5.84 Å². The summed E-state index contributed by atoms with van der Waals surface area (Å²) < 4.78 is 34.8. The van der Waals surface area contributed by atoms with Crippen molar-refractivity contribution < 1.29 is 17.9 Å². The highest BCUT2D eigenvalue weighted by Crippen LogP contribution is 2.30. The molecule has 2 rings (SSSR count). The lowest BCUT2D eigenvalue weighted by Crippen LogP contribution is -2.48. The van der Waals surface area contributed by atoms with Gasteiger partial charge >= 0.3 is 10.2 Å². The number of anilines is 1. The van der Waals surface area contributed by atoms with Crippen LogP contribution >= 0.6 is 0 Å². The molecule has 0 saturated carbocycles. The monoisotopic (exact) mass is 406 g/mol. The maximum atomic E-state index is 12.3. The van der Waals surface area contributed by atoms with E-state index in [1.165, 1.54) is 12.4 Å². The molecular formula is C17H22N6O4S. The van der Waals surface area contributed by atoms with Crippen LogP contribution in [-0.4, -0.2) is 45.2 Å². The van der Waals surface area contributed by atoms with Crippen LogP contribution in [0.25, 0.3) is 0 Å². The number of nitrogens with one attached hydrogen (secondary N) is 2. The zero-order valence-corrected chi connectivity index (χ0v) is 16.6. The predicted octanol–water partition coefficient (Wildman–Crippen LogP) is 0.969. The van der Waals surface area contributed by atoms with E-state index >= 15 is 0 Å². The molecule has 0 spiro atoms. The number of hydrogen-bond acceptors (Lipinski definition) is 7. The Kier molecular flexibility index (Phi) is 6.19. The van der Waals surface area contributed by atoms with Crippen molar-refractivity contribution in [2.45, 2.75) is 26.3 Å². The van der Waals surface area contributed by atoms with Crippen molar-refractivity contribution in [3.05, 3.63) is 35.7 Å². The molecule has 150 valence electrons. The lowest BCUT2D eigenvalue weighted by atomic mass is 10.1. The van der Waals surface area contributed by atoms with Crippen LogP contribution in [0.4, 0.5) is 5.69 Å². The number of nitrogens with two attached hydrogens (primary N) is 1. The molecule has 0 radical (unpaired) electrons. The van der Waals surface area contributed by atoms with E-state index in [9.17, 15) is 13.2 Å². The minimum absolute atomic E-state index is 0.0639. The molecule has 28 heavy (non-hydrogen) atoms. The molecule has 1 heterocycles. The second kappa shape index (κ2) is 8.21. The third-order valence-electron chi connectivity index (χ3n) is 3.53. The number of nitrogens with zero attached hydrogens (tertiary/aromatic N) is 3. The quantitative estimate of drug-likeness (QED) is 0.456. The number of fused-ring (bicyclic) bond motifs is 1. The number of rotatable bonds is 7. The summed E-state index contributed by atoms with van der Waals surface area (Å²) in [6, 6.07) is 4.80. The number of carbonyl (C=O) groups is 1. The van der Waals surface area contributed by atoms with Crippen molar-refractivity contribution in [1.29, 1.82) is 0 Å². The van der Waals surface area contributed by atoms with Gasteiger partial charge in [-0.1, -0.05) is 6.07 Å². The zero-order chi connectivity index (χ0) is 20.9. The van der Waals surface area contributed by atoms with Gasteiger partial charge in [-0.05, 0) is 39.6 Å². The molecule has 1 aromatic rings. The Balaban J connectivity index is 2.16. The minimum atomic E-state index is -3.88. The van der Waals surface area contributed by atoms with Gasteiger partial charge in [-0.25, -0.2) is 0 Å². The normalized spacial score (nSPS) is 16.0. The van der Waals surface area contributed by atoms with Crippen LogP contribution in [0.5, 0.6) is 5.75 Å². The van der Waals surface area contributed by atoms with Crippen LogP contribution in [0.15, 0.2) is 44.5 Å². The van der Waals surface area contributed by atoms with Crippen molar-refractivity contribution in [3.63, 3.8) is 0 Å². The average molecular weight is 406 g/mol. The zero-order valence-electron chi connectivity index (χ0n) is 15.8. The summed E-state index contributed by atoms with van der Waals surface area (Å²) in [6.07, 6.45) is 2.82. The van der Waals surface area contributed by atoms with Crippen molar-refractivity contribution in [3.8, 4) is 5.75 Å². The second-order valence-electron chi connectivity index (χ2n) is 6.44. The number of amides is 1. The molecule has 0 aliphatic carbocycles. The molecule has 4 N–H and O–H groups in total. The molecule has 0 bridgehead atoms. The maximum absolute atomic E-state index is 12.3. The van der Waals surface area contributed by atoms with Crippen LogP contribution in [-0.2, 0) is 15.0 Å². The predicted molar refractivity (Wildman–Crippen MR) is 109 cm³/mol. The Morgan fingerprint density at radius 1 is 1.46 bits per heavy atom. The Hall–Kier alpha value is -3.21. The Bertz CT molecular complexity index is 979. The highest BCUT2D eigenvalue weighted by atomic mass is 32.2. The fourth-order valence-corrected chi connectivity index (χ4v) is 3.16. The molecule has 1 aliphatic heterocycles. The van der Waals surface area contributed by atoms with Gasteiger partial charge in [-0.3, -0.25) is 19.5 Å². The third-order valence-corrected chi connectivity index (χ3v) is 4.44. The first-order chi connectivity index (χ1) is 13.1. The molecule has 1 aromatic carbocycles. The molecular weight excluding hydrogens is 384 g/mol. The Labute approximate surface area is 163 Å².